The molecule has 0 aliphatic rings. The van der Waals surface area contributed by atoms with Gasteiger partial charge >= 0.3 is 0 Å². The van der Waals surface area contributed by atoms with Crippen LogP contribution in [0.5, 0.6) is 5.75 Å². The van der Waals surface area contributed by atoms with Gasteiger partial charge in [0.2, 0.25) is 11.1 Å². The predicted octanol–water partition coefficient (Wildman–Crippen LogP) is 3.74. The van der Waals surface area contributed by atoms with E-state index in [4.69, 9.17) is 4.74 Å². The van der Waals surface area contributed by atoms with Crippen LogP contribution in [0.3, 0.4) is 0 Å². The number of benzene rings is 2. The smallest absolute Gasteiger partial charge is 0.237 e. The summed E-state index contributed by atoms with van der Waals surface area (Å²) in [5, 5.41) is 9.79. The Balaban J connectivity index is 1.62. The number of rotatable bonds is 6. The molecule has 0 spiro atoms. The van der Waals surface area contributed by atoms with Crippen LogP contribution in [0.2, 0.25) is 0 Å². The number of hydrogen-bond acceptors (Lipinski definition) is 5. The monoisotopic (exact) mass is 372 g/mol. The van der Waals surface area contributed by atoms with Crippen LogP contribution in [0, 0.1) is 5.82 Å². The third kappa shape index (κ3) is 4.40. The number of anilines is 1. The lowest BCUT2D eigenvalue weighted by atomic mass is 10.2. The molecule has 26 heavy (non-hydrogen) atoms. The van der Waals surface area contributed by atoms with Gasteiger partial charge in [-0.2, -0.15) is 0 Å². The number of amides is 1. The molecule has 0 unspecified atom stereocenters. The van der Waals surface area contributed by atoms with Crippen molar-refractivity contribution >= 4 is 23.4 Å². The van der Waals surface area contributed by atoms with Gasteiger partial charge in [0.15, 0.2) is 5.82 Å². The summed E-state index contributed by atoms with van der Waals surface area (Å²) < 4.78 is 18.0. The molecule has 0 bridgehead atoms. The van der Waals surface area contributed by atoms with Crippen LogP contribution >= 0.6 is 11.8 Å². The molecule has 0 radical (unpaired) electrons. The van der Waals surface area contributed by atoms with Crippen molar-refractivity contribution in [1.29, 1.82) is 0 Å². The van der Waals surface area contributed by atoms with E-state index in [-0.39, 0.29) is 11.7 Å². The van der Waals surface area contributed by atoms with E-state index in [9.17, 15) is 9.18 Å². The molecule has 1 amide bonds. The lowest BCUT2D eigenvalue weighted by molar-refractivity contribution is -0.115. The molecule has 3 aromatic rings. The van der Waals surface area contributed by atoms with Crippen molar-refractivity contribution in [1.82, 2.24) is 15.2 Å². The molecular weight excluding hydrogens is 355 g/mol. The van der Waals surface area contributed by atoms with Gasteiger partial charge in [-0.1, -0.05) is 11.8 Å². The molecule has 0 saturated heterocycles. The summed E-state index contributed by atoms with van der Waals surface area (Å²) in [6, 6.07) is 13.0. The van der Waals surface area contributed by atoms with Gasteiger partial charge in [0.25, 0.3) is 0 Å². The largest absolute Gasteiger partial charge is 0.497 e. The molecule has 8 heteroatoms. The number of aromatic nitrogens is 3. The Morgan fingerprint density at radius 1 is 1.19 bits per heavy atom. The third-order valence-corrected chi connectivity index (χ3v) is 4.55. The Kier molecular flexibility index (Phi) is 5.52. The first-order valence-electron chi connectivity index (χ1n) is 7.85. The predicted molar refractivity (Wildman–Crippen MR) is 98.7 cm³/mol. The number of nitrogens with zero attached hydrogens (tertiary/aromatic N) is 2. The van der Waals surface area contributed by atoms with E-state index in [2.05, 4.69) is 20.5 Å². The summed E-state index contributed by atoms with van der Waals surface area (Å²) in [7, 11) is 1.61. The topological polar surface area (TPSA) is 79.9 Å². The van der Waals surface area contributed by atoms with Gasteiger partial charge in [-0.25, -0.2) is 9.37 Å². The number of nitrogens with one attached hydrogen (secondary N) is 2. The van der Waals surface area contributed by atoms with Crippen LogP contribution in [0.4, 0.5) is 10.1 Å². The van der Waals surface area contributed by atoms with Crippen LogP contribution in [0.15, 0.2) is 53.7 Å². The van der Waals surface area contributed by atoms with Crippen LogP contribution in [-0.2, 0) is 4.79 Å². The summed E-state index contributed by atoms with van der Waals surface area (Å²) in [4.78, 5) is 16.6. The molecule has 134 valence electrons. The van der Waals surface area contributed by atoms with E-state index >= 15 is 0 Å². The zero-order valence-corrected chi connectivity index (χ0v) is 15.0. The van der Waals surface area contributed by atoms with Gasteiger partial charge in [0, 0.05) is 11.3 Å². The molecule has 6 nitrogen and oxygen atoms in total. The van der Waals surface area contributed by atoms with Crippen molar-refractivity contribution in [2.75, 3.05) is 12.4 Å². The number of hydrogen-bond donors (Lipinski definition) is 2. The van der Waals surface area contributed by atoms with Gasteiger partial charge in [-0.15, -0.1) is 5.10 Å². The number of H-pyrrole nitrogens is 1. The van der Waals surface area contributed by atoms with Gasteiger partial charge in [-0.05, 0) is 55.5 Å². The van der Waals surface area contributed by atoms with Crippen molar-refractivity contribution in [3.63, 3.8) is 0 Å². The molecule has 0 fully saturated rings. The first-order chi connectivity index (χ1) is 12.5. The van der Waals surface area contributed by atoms with E-state index in [1.165, 1.54) is 36.0 Å². The fourth-order valence-corrected chi connectivity index (χ4v) is 2.89. The molecular formula is C18H17FN4O2S. The summed E-state index contributed by atoms with van der Waals surface area (Å²) in [6.45, 7) is 1.76. The number of carbonyl (C=O) groups excluding carboxylic acids is 1. The van der Waals surface area contributed by atoms with Crippen molar-refractivity contribution < 1.29 is 13.9 Å². The molecule has 3 rings (SSSR count). The maximum absolute atomic E-state index is 12.9. The normalized spacial score (nSPS) is 11.8. The zero-order valence-electron chi connectivity index (χ0n) is 14.2. The van der Waals surface area contributed by atoms with Gasteiger partial charge < -0.3 is 10.1 Å². The molecule has 1 heterocycles. The second kappa shape index (κ2) is 8.01. The Morgan fingerprint density at radius 3 is 2.54 bits per heavy atom. The van der Waals surface area contributed by atoms with Gasteiger partial charge in [-0.3, -0.25) is 9.89 Å². The third-order valence-electron chi connectivity index (χ3n) is 3.59. The van der Waals surface area contributed by atoms with E-state index < -0.39 is 5.25 Å². The van der Waals surface area contributed by atoms with E-state index in [1.54, 1.807) is 14.0 Å². The number of ether oxygens (including phenoxy) is 1. The molecule has 1 aromatic heterocycles. The number of aromatic amines is 1. The average molecular weight is 372 g/mol. The maximum atomic E-state index is 12.9. The fourth-order valence-electron chi connectivity index (χ4n) is 2.17. The number of methoxy groups -OCH3 is 1. The zero-order chi connectivity index (χ0) is 18.5. The summed E-state index contributed by atoms with van der Waals surface area (Å²) in [5.74, 6) is 0.810. The van der Waals surface area contributed by atoms with Gasteiger partial charge in [0.1, 0.15) is 11.6 Å². The van der Waals surface area contributed by atoms with E-state index in [0.717, 1.165) is 11.3 Å². The van der Waals surface area contributed by atoms with Gasteiger partial charge in [0.05, 0.1) is 12.4 Å². The average Bonchev–Trinajstić information content (AvgIpc) is 3.12. The Labute approximate surface area is 154 Å². The summed E-state index contributed by atoms with van der Waals surface area (Å²) in [6.07, 6.45) is 0. The molecule has 0 saturated carbocycles. The highest BCUT2D eigenvalue weighted by atomic mass is 32.2. The van der Waals surface area contributed by atoms with E-state index in [1.807, 2.05) is 24.3 Å². The molecule has 0 aliphatic heterocycles. The standard InChI is InChI=1S/C18H17FN4O2S/c1-11(17(24)20-14-7-5-13(19)6-8-14)26-18-21-16(22-23-18)12-3-9-15(25-2)10-4-12/h3-11H,1-2H3,(H,20,24)(H,21,22,23)/t11-/m1/s1. The Morgan fingerprint density at radius 2 is 1.88 bits per heavy atom. The van der Waals surface area contributed by atoms with Crippen LogP contribution in [0.25, 0.3) is 11.4 Å². The van der Waals surface area contributed by atoms with E-state index in [0.29, 0.717) is 16.7 Å². The van der Waals surface area contributed by atoms with Crippen molar-refractivity contribution in [3.8, 4) is 17.1 Å². The second-order valence-electron chi connectivity index (χ2n) is 5.45. The second-order valence-corrected chi connectivity index (χ2v) is 6.76. The Bertz CT molecular complexity index is 881. The minimum absolute atomic E-state index is 0.211. The van der Waals surface area contributed by atoms with Crippen molar-refractivity contribution in [3.05, 3.63) is 54.3 Å². The number of thioether (sulfide) groups is 1. The fraction of sp³-hybridized carbons (Fsp3) is 0.167. The maximum Gasteiger partial charge on any atom is 0.237 e. The molecule has 2 aromatic carbocycles. The van der Waals surface area contributed by atoms with Crippen LogP contribution in [0.1, 0.15) is 6.92 Å². The first-order valence-corrected chi connectivity index (χ1v) is 8.73. The number of halogens is 1. The minimum Gasteiger partial charge on any atom is -0.497 e. The molecule has 0 aliphatic carbocycles. The highest BCUT2D eigenvalue weighted by Crippen LogP contribution is 2.24. The molecule has 1 atom stereocenters. The Hall–Kier alpha value is -2.87. The lowest BCUT2D eigenvalue weighted by Gasteiger charge is -2.09. The highest BCUT2D eigenvalue weighted by molar-refractivity contribution is 8.00. The SMILES string of the molecule is COc1ccc(-c2nc(S[C@H](C)C(=O)Nc3ccc(F)cc3)n[nH]2)cc1. The van der Waals surface area contributed by atoms with Crippen molar-refractivity contribution in [2.24, 2.45) is 0 Å². The summed E-state index contributed by atoms with van der Waals surface area (Å²) in [5.41, 5.74) is 1.41. The summed E-state index contributed by atoms with van der Waals surface area (Å²) >= 11 is 1.23. The minimum atomic E-state index is -0.417. The lowest BCUT2D eigenvalue weighted by Crippen LogP contribution is -2.22. The quantitative estimate of drug-likeness (QED) is 0.645. The highest BCUT2D eigenvalue weighted by Gasteiger charge is 2.17. The molecule has 2 N–H and O–H groups in total. The van der Waals surface area contributed by atoms with Crippen LogP contribution in [-0.4, -0.2) is 33.4 Å². The van der Waals surface area contributed by atoms with Crippen LogP contribution < -0.4 is 10.1 Å². The number of carbonyl (C=O) groups is 1. The van der Waals surface area contributed by atoms with Crippen molar-refractivity contribution in [2.45, 2.75) is 17.3 Å². The first kappa shape index (κ1) is 17.9.